The van der Waals surface area contributed by atoms with Gasteiger partial charge >= 0.3 is 0 Å². The summed E-state index contributed by atoms with van der Waals surface area (Å²) in [6, 6.07) is 1.75. The number of thioether (sulfide) groups is 1. The fourth-order valence-corrected chi connectivity index (χ4v) is 6.74. The zero-order valence-electron chi connectivity index (χ0n) is 12.0. The molecule has 0 N–H and O–H groups in total. The van der Waals surface area contributed by atoms with Gasteiger partial charge in [-0.2, -0.15) is 16.1 Å². The van der Waals surface area contributed by atoms with Gasteiger partial charge in [-0.3, -0.25) is 0 Å². The number of hydrogen-bond acceptors (Lipinski definition) is 4. The maximum atomic E-state index is 12.7. The number of halogens is 1. The predicted molar refractivity (Wildman–Crippen MR) is 88.5 cm³/mol. The van der Waals surface area contributed by atoms with Crippen LogP contribution in [0.2, 0.25) is 0 Å². The summed E-state index contributed by atoms with van der Waals surface area (Å²) in [5.74, 6) is 1.22. The van der Waals surface area contributed by atoms with Gasteiger partial charge in [-0.25, -0.2) is 8.42 Å². The summed E-state index contributed by atoms with van der Waals surface area (Å²) >= 11 is 8.99. The molecule has 1 saturated heterocycles. The molecule has 0 bridgehead atoms. The third kappa shape index (κ3) is 3.53. The van der Waals surface area contributed by atoms with E-state index in [1.165, 1.54) is 11.3 Å². The number of aryl methyl sites for hydroxylation is 1. The van der Waals surface area contributed by atoms with Crippen LogP contribution >= 0.6 is 34.7 Å². The van der Waals surface area contributed by atoms with E-state index in [4.69, 9.17) is 11.6 Å². The van der Waals surface area contributed by atoms with Crippen molar-refractivity contribution in [3.05, 3.63) is 16.5 Å². The van der Waals surface area contributed by atoms with E-state index in [1.807, 2.05) is 18.7 Å². The summed E-state index contributed by atoms with van der Waals surface area (Å²) in [6.07, 6.45) is 0.879. The zero-order valence-corrected chi connectivity index (χ0v) is 15.2. The second-order valence-electron chi connectivity index (χ2n) is 5.57. The van der Waals surface area contributed by atoms with Gasteiger partial charge in [0.15, 0.2) is 0 Å². The first-order valence-electron chi connectivity index (χ1n) is 6.56. The Morgan fingerprint density at radius 3 is 2.70 bits per heavy atom. The number of sulfonamides is 1. The van der Waals surface area contributed by atoms with Crippen LogP contribution in [0.3, 0.4) is 0 Å². The minimum Gasteiger partial charge on any atom is -0.206 e. The molecular formula is C13H20ClNO2S3. The quantitative estimate of drug-likeness (QED) is 0.777. The molecule has 20 heavy (non-hydrogen) atoms. The summed E-state index contributed by atoms with van der Waals surface area (Å²) in [7, 11) is -3.37. The van der Waals surface area contributed by atoms with Crippen molar-refractivity contribution in [1.82, 2.24) is 4.31 Å². The molecule has 1 aliphatic heterocycles. The van der Waals surface area contributed by atoms with Crippen molar-refractivity contribution >= 4 is 44.7 Å². The summed E-state index contributed by atoms with van der Waals surface area (Å²) in [4.78, 5) is 0.940. The normalized spacial score (nSPS) is 20.8. The van der Waals surface area contributed by atoms with Crippen LogP contribution in [-0.4, -0.2) is 36.3 Å². The van der Waals surface area contributed by atoms with E-state index in [0.29, 0.717) is 23.2 Å². The second kappa shape index (κ2) is 6.16. The minimum atomic E-state index is -3.37. The SMILES string of the molecule is Cc1cc(S(=O)(=O)N2CCSC(C)(C)CC2)sc1CCl. The smallest absolute Gasteiger partial charge is 0.206 e. The second-order valence-corrected chi connectivity index (χ2v) is 10.9. The van der Waals surface area contributed by atoms with E-state index >= 15 is 0 Å². The Bertz CT molecular complexity index is 580. The van der Waals surface area contributed by atoms with Crippen molar-refractivity contribution < 1.29 is 8.42 Å². The van der Waals surface area contributed by atoms with Gasteiger partial charge in [-0.1, -0.05) is 13.8 Å². The van der Waals surface area contributed by atoms with Gasteiger partial charge < -0.3 is 0 Å². The molecule has 3 nitrogen and oxygen atoms in total. The molecule has 0 spiro atoms. The van der Waals surface area contributed by atoms with Gasteiger partial charge in [0, 0.05) is 28.5 Å². The highest BCUT2D eigenvalue weighted by Crippen LogP contribution is 2.34. The fourth-order valence-electron chi connectivity index (χ4n) is 2.12. The van der Waals surface area contributed by atoms with Crippen molar-refractivity contribution in [2.24, 2.45) is 0 Å². The van der Waals surface area contributed by atoms with Gasteiger partial charge in [0.05, 0.1) is 5.88 Å². The molecule has 1 aromatic rings. The third-order valence-electron chi connectivity index (χ3n) is 3.51. The maximum absolute atomic E-state index is 12.7. The van der Waals surface area contributed by atoms with Gasteiger partial charge in [0.1, 0.15) is 4.21 Å². The summed E-state index contributed by atoms with van der Waals surface area (Å²) in [6.45, 7) is 7.44. The molecule has 0 radical (unpaired) electrons. The third-order valence-corrected chi connectivity index (χ3v) is 8.89. The molecule has 0 saturated carbocycles. The standard InChI is InChI=1S/C13H20ClNO2S3/c1-10-8-12(19-11(10)9-14)20(16,17)15-5-4-13(2,3)18-7-6-15/h8H,4-7,9H2,1-3H3. The Kier molecular flexibility index (Phi) is 5.12. The molecule has 114 valence electrons. The van der Waals surface area contributed by atoms with E-state index in [0.717, 1.165) is 22.6 Å². The minimum absolute atomic E-state index is 0.150. The molecule has 2 rings (SSSR count). The highest BCUT2D eigenvalue weighted by atomic mass is 35.5. The van der Waals surface area contributed by atoms with Crippen molar-refractivity contribution in [1.29, 1.82) is 0 Å². The Morgan fingerprint density at radius 1 is 1.40 bits per heavy atom. The molecule has 0 aliphatic carbocycles. The lowest BCUT2D eigenvalue weighted by molar-refractivity contribution is 0.416. The van der Waals surface area contributed by atoms with E-state index < -0.39 is 10.0 Å². The molecule has 0 unspecified atom stereocenters. The van der Waals surface area contributed by atoms with Crippen LogP contribution in [0.15, 0.2) is 10.3 Å². The molecule has 1 aliphatic rings. The van der Waals surface area contributed by atoms with E-state index in [9.17, 15) is 8.42 Å². The van der Waals surface area contributed by atoms with Crippen LogP contribution in [0.25, 0.3) is 0 Å². The number of hydrogen-bond donors (Lipinski definition) is 0. The first kappa shape index (κ1) is 16.6. The Morgan fingerprint density at radius 2 is 2.10 bits per heavy atom. The van der Waals surface area contributed by atoms with Crippen molar-refractivity contribution in [3.63, 3.8) is 0 Å². The van der Waals surface area contributed by atoms with Crippen LogP contribution in [0.5, 0.6) is 0 Å². The highest BCUT2D eigenvalue weighted by Gasteiger charge is 2.32. The topological polar surface area (TPSA) is 37.4 Å². The lowest BCUT2D eigenvalue weighted by atomic mass is 10.1. The number of nitrogens with zero attached hydrogens (tertiary/aromatic N) is 1. The maximum Gasteiger partial charge on any atom is 0.252 e. The van der Waals surface area contributed by atoms with Gasteiger partial charge in [0.25, 0.3) is 10.0 Å². The van der Waals surface area contributed by atoms with Crippen LogP contribution in [0.4, 0.5) is 0 Å². The Balaban J connectivity index is 2.25. The zero-order chi connectivity index (χ0) is 15.0. The Labute approximate surface area is 134 Å². The van der Waals surface area contributed by atoms with Gasteiger partial charge in [0.2, 0.25) is 0 Å². The van der Waals surface area contributed by atoms with Gasteiger partial charge in [-0.05, 0) is 25.0 Å². The molecule has 2 heterocycles. The lowest BCUT2D eigenvalue weighted by Gasteiger charge is -2.22. The highest BCUT2D eigenvalue weighted by molar-refractivity contribution is 8.00. The summed E-state index contributed by atoms with van der Waals surface area (Å²) in [5, 5.41) is 0. The van der Waals surface area contributed by atoms with Crippen molar-refractivity contribution in [2.75, 3.05) is 18.8 Å². The molecule has 1 fully saturated rings. The van der Waals surface area contributed by atoms with Crippen LogP contribution in [-0.2, 0) is 15.9 Å². The molecule has 7 heteroatoms. The summed E-state index contributed by atoms with van der Waals surface area (Å²) in [5.41, 5.74) is 0.966. The molecular weight excluding hydrogens is 334 g/mol. The number of alkyl halides is 1. The number of rotatable bonds is 3. The predicted octanol–water partition coefficient (Wildman–Crippen LogP) is 3.70. The monoisotopic (exact) mass is 353 g/mol. The van der Waals surface area contributed by atoms with Gasteiger partial charge in [-0.15, -0.1) is 22.9 Å². The van der Waals surface area contributed by atoms with Crippen molar-refractivity contribution in [3.8, 4) is 0 Å². The molecule has 1 aromatic heterocycles. The van der Waals surface area contributed by atoms with Crippen LogP contribution in [0.1, 0.15) is 30.7 Å². The Hall–Kier alpha value is 0.250. The average molecular weight is 354 g/mol. The molecule has 0 amide bonds. The van der Waals surface area contributed by atoms with Crippen LogP contribution in [0, 0.1) is 6.92 Å². The lowest BCUT2D eigenvalue weighted by Crippen LogP contribution is -2.33. The molecule has 0 atom stereocenters. The largest absolute Gasteiger partial charge is 0.252 e. The average Bonchev–Trinajstić information content (AvgIpc) is 2.64. The van der Waals surface area contributed by atoms with E-state index in [-0.39, 0.29) is 4.75 Å². The first-order valence-corrected chi connectivity index (χ1v) is 10.3. The van der Waals surface area contributed by atoms with Crippen LogP contribution < -0.4 is 0 Å². The fraction of sp³-hybridized carbons (Fsp3) is 0.692. The number of thiophene rings is 1. The molecule has 0 aromatic carbocycles. The summed E-state index contributed by atoms with van der Waals surface area (Å²) < 4.78 is 27.6. The van der Waals surface area contributed by atoms with E-state index in [2.05, 4.69) is 13.8 Å². The van der Waals surface area contributed by atoms with E-state index in [1.54, 1.807) is 10.4 Å². The van der Waals surface area contributed by atoms with Crippen molar-refractivity contribution in [2.45, 2.75) is 42.0 Å². The first-order chi connectivity index (χ1) is 9.26.